The molecule has 10 heteroatoms. The first-order valence-corrected chi connectivity index (χ1v) is 8.39. The molecule has 160 valence electrons. The molecular weight excluding hydrogens is 502 g/mol. The molecule has 2 aromatic carbocycles. The molecule has 29 heavy (non-hydrogen) atoms. The van der Waals surface area contributed by atoms with Crippen molar-refractivity contribution in [1.82, 2.24) is 5.32 Å². The Kier molecular flexibility index (Phi) is 9.86. The number of methoxy groups -OCH3 is 2. The molecule has 0 aliphatic heterocycles. The fourth-order valence-corrected chi connectivity index (χ4v) is 2.38. The zero-order chi connectivity index (χ0) is 20.6. The van der Waals surface area contributed by atoms with Gasteiger partial charge in [-0.05, 0) is 29.8 Å². The van der Waals surface area contributed by atoms with Crippen molar-refractivity contribution < 1.29 is 27.4 Å². The summed E-state index contributed by atoms with van der Waals surface area (Å²) < 4.78 is 54.3. The maximum Gasteiger partial charge on any atom is 0.419 e. The number of hydrogen-bond donors (Lipinski definition) is 2. The van der Waals surface area contributed by atoms with Gasteiger partial charge in [0.1, 0.15) is 12.4 Å². The number of nitrogens with two attached hydrogens (primary N) is 1. The maximum atomic E-state index is 12.9. The molecule has 2 rings (SSSR count). The topological polar surface area (TPSA) is 78.1 Å². The predicted octanol–water partition coefficient (Wildman–Crippen LogP) is 3.82. The molecule has 0 heterocycles. The number of para-hydroxylation sites is 1. The number of alkyl halides is 3. The van der Waals surface area contributed by atoms with Crippen molar-refractivity contribution in [3.63, 3.8) is 0 Å². The highest BCUT2D eigenvalue weighted by Crippen LogP contribution is 2.35. The van der Waals surface area contributed by atoms with Gasteiger partial charge in [-0.25, -0.2) is 4.99 Å². The van der Waals surface area contributed by atoms with Gasteiger partial charge in [-0.2, -0.15) is 13.2 Å². The van der Waals surface area contributed by atoms with E-state index >= 15 is 0 Å². The largest absolute Gasteiger partial charge is 0.493 e. The monoisotopic (exact) mass is 525 g/mol. The minimum atomic E-state index is -4.47. The average molecular weight is 525 g/mol. The van der Waals surface area contributed by atoms with Gasteiger partial charge in [-0.1, -0.05) is 18.2 Å². The second kappa shape index (κ2) is 11.6. The number of halogens is 4. The van der Waals surface area contributed by atoms with E-state index in [-0.39, 0.29) is 48.8 Å². The summed E-state index contributed by atoms with van der Waals surface area (Å²) in [6, 6.07) is 10.4. The van der Waals surface area contributed by atoms with Crippen LogP contribution in [0.4, 0.5) is 13.2 Å². The van der Waals surface area contributed by atoms with Gasteiger partial charge in [-0.15, -0.1) is 24.0 Å². The van der Waals surface area contributed by atoms with E-state index in [0.717, 1.165) is 11.6 Å². The lowest BCUT2D eigenvalue weighted by Crippen LogP contribution is -2.34. The third-order valence-electron chi connectivity index (χ3n) is 3.74. The molecule has 0 amide bonds. The molecule has 6 nitrogen and oxygen atoms in total. The highest BCUT2D eigenvalue weighted by molar-refractivity contribution is 14.0. The summed E-state index contributed by atoms with van der Waals surface area (Å²) in [5, 5.41) is 2.80. The minimum absolute atomic E-state index is 0. The van der Waals surface area contributed by atoms with Crippen molar-refractivity contribution in [3.05, 3.63) is 53.6 Å². The second-order valence-electron chi connectivity index (χ2n) is 5.66. The number of aliphatic imine (C=N–C) groups is 1. The number of ether oxygens (including phenoxy) is 3. The molecule has 0 bridgehead atoms. The van der Waals surface area contributed by atoms with Crippen LogP contribution in [0.5, 0.6) is 17.2 Å². The van der Waals surface area contributed by atoms with E-state index < -0.39 is 11.7 Å². The fraction of sp³-hybridized carbons (Fsp3) is 0.316. The van der Waals surface area contributed by atoms with Crippen LogP contribution in [-0.2, 0) is 12.7 Å². The number of guanidine groups is 1. The van der Waals surface area contributed by atoms with Crippen molar-refractivity contribution in [2.24, 2.45) is 10.7 Å². The molecule has 0 fully saturated rings. The zero-order valence-corrected chi connectivity index (χ0v) is 18.3. The molecular formula is C19H23F3IN3O3. The third kappa shape index (κ3) is 7.52. The van der Waals surface area contributed by atoms with Crippen molar-refractivity contribution in [2.75, 3.05) is 27.4 Å². The van der Waals surface area contributed by atoms with Crippen LogP contribution in [0.15, 0.2) is 47.5 Å². The van der Waals surface area contributed by atoms with Crippen molar-refractivity contribution in [3.8, 4) is 17.2 Å². The van der Waals surface area contributed by atoms with Crippen LogP contribution in [0.1, 0.15) is 11.1 Å². The Labute approximate surface area is 184 Å². The third-order valence-corrected chi connectivity index (χ3v) is 3.74. The first-order chi connectivity index (χ1) is 13.3. The minimum Gasteiger partial charge on any atom is -0.493 e. The highest BCUT2D eigenvalue weighted by Gasteiger charge is 2.33. The molecule has 3 N–H and O–H groups in total. The van der Waals surface area contributed by atoms with Gasteiger partial charge in [0.15, 0.2) is 17.5 Å². The van der Waals surface area contributed by atoms with Crippen molar-refractivity contribution >= 4 is 29.9 Å². The number of benzene rings is 2. The molecule has 0 unspecified atom stereocenters. The van der Waals surface area contributed by atoms with Gasteiger partial charge in [0.25, 0.3) is 0 Å². The van der Waals surface area contributed by atoms with Crippen LogP contribution >= 0.6 is 24.0 Å². The fourth-order valence-electron chi connectivity index (χ4n) is 2.38. The van der Waals surface area contributed by atoms with E-state index in [1.807, 2.05) is 6.07 Å². The Morgan fingerprint density at radius 2 is 1.72 bits per heavy atom. The molecule has 0 aromatic heterocycles. The first-order valence-electron chi connectivity index (χ1n) is 8.39. The summed E-state index contributed by atoms with van der Waals surface area (Å²) in [5.74, 6) is 1.12. The number of rotatable bonds is 8. The molecule has 0 radical (unpaired) electrons. The lowest BCUT2D eigenvalue weighted by molar-refractivity contribution is -0.138. The van der Waals surface area contributed by atoms with Crippen LogP contribution in [0, 0.1) is 0 Å². The SMILES string of the molecule is COc1ccc(CN=C(N)NCCOc2ccccc2C(F)(F)F)cc1OC.I. The first kappa shape index (κ1) is 24.7. The van der Waals surface area contributed by atoms with E-state index in [0.29, 0.717) is 18.0 Å². The van der Waals surface area contributed by atoms with Crippen molar-refractivity contribution in [2.45, 2.75) is 12.7 Å². The zero-order valence-electron chi connectivity index (χ0n) is 16.0. The number of nitrogens with one attached hydrogen (secondary N) is 1. The smallest absolute Gasteiger partial charge is 0.419 e. The van der Waals surface area contributed by atoms with Gasteiger partial charge >= 0.3 is 6.18 Å². The van der Waals surface area contributed by atoms with Gasteiger partial charge < -0.3 is 25.3 Å². The van der Waals surface area contributed by atoms with Gasteiger partial charge in [0.2, 0.25) is 0 Å². The van der Waals surface area contributed by atoms with Crippen LogP contribution in [0.25, 0.3) is 0 Å². The molecule has 0 aliphatic carbocycles. The molecule has 0 saturated heterocycles. The molecule has 0 aliphatic rings. The quantitative estimate of drug-likeness (QED) is 0.237. The lowest BCUT2D eigenvalue weighted by Gasteiger charge is -2.14. The Morgan fingerprint density at radius 1 is 1.03 bits per heavy atom. The molecule has 0 saturated carbocycles. The Balaban J connectivity index is 0.00000420. The summed E-state index contributed by atoms with van der Waals surface area (Å²) in [7, 11) is 3.09. The van der Waals surface area contributed by atoms with Crippen LogP contribution in [-0.4, -0.2) is 33.3 Å². The Morgan fingerprint density at radius 3 is 2.38 bits per heavy atom. The summed E-state index contributed by atoms with van der Waals surface area (Å²) in [5.41, 5.74) is 5.82. The van der Waals surface area contributed by atoms with Crippen molar-refractivity contribution in [1.29, 1.82) is 0 Å². The molecule has 0 atom stereocenters. The summed E-state index contributed by atoms with van der Waals surface area (Å²) in [6.07, 6.45) is -4.47. The maximum absolute atomic E-state index is 12.9. The normalized spacial score (nSPS) is 11.4. The van der Waals surface area contributed by atoms with Gasteiger partial charge in [0, 0.05) is 0 Å². The van der Waals surface area contributed by atoms with E-state index in [2.05, 4.69) is 10.3 Å². The predicted molar refractivity (Wildman–Crippen MR) is 115 cm³/mol. The van der Waals surface area contributed by atoms with Crippen LogP contribution < -0.4 is 25.3 Å². The Hall–Kier alpha value is -2.37. The Bertz CT molecular complexity index is 817. The number of nitrogens with zero attached hydrogens (tertiary/aromatic N) is 1. The molecule has 0 spiro atoms. The van der Waals surface area contributed by atoms with E-state index in [9.17, 15) is 13.2 Å². The summed E-state index contributed by atoms with van der Waals surface area (Å²) in [6.45, 7) is 0.504. The standard InChI is InChI=1S/C19H22F3N3O3.HI/c1-26-16-8-7-13(11-17(16)27-2)12-25-18(23)24-9-10-28-15-6-4-3-5-14(15)19(20,21)22;/h3-8,11H,9-10,12H2,1-2H3,(H3,23,24,25);1H. The number of hydrogen-bond acceptors (Lipinski definition) is 4. The van der Waals surface area contributed by atoms with Crippen LogP contribution in [0.2, 0.25) is 0 Å². The highest BCUT2D eigenvalue weighted by atomic mass is 127. The average Bonchev–Trinajstić information content (AvgIpc) is 2.69. The van der Waals surface area contributed by atoms with E-state index in [4.69, 9.17) is 19.9 Å². The second-order valence-corrected chi connectivity index (χ2v) is 5.66. The van der Waals surface area contributed by atoms with Gasteiger partial charge in [0.05, 0.1) is 32.9 Å². The molecule has 2 aromatic rings. The summed E-state index contributed by atoms with van der Waals surface area (Å²) in [4.78, 5) is 4.18. The van der Waals surface area contributed by atoms with Gasteiger partial charge in [-0.3, -0.25) is 0 Å². The lowest BCUT2D eigenvalue weighted by atomic mass is 10.2. The van der Waals surface area contributed by atoms with E-state index in [1.165, 1.54) is 25.3 Å². The van der Waals surface area contributed by atoms with Crippen LogP contribution in [0.3, 0.4) is 0 Å². The van der Waals surface area contributed by atoms with E-state index in [1.54, 1.807) is 19.2 Å². The summed E-state index contributed by atoms with van der Waals surface area (Å²) >= 11 is 0.